The van der Waals surface area contributed by atoms with E-state index in [1.54, 1.807) is 24.5 Å². The maximum Gasteiger partial charge on any atom is 0.195 e. The van der Waals surface area contributed by atoms with Gasteiger partial charge in [-0.15, -0.1) is 0 Å². The van der Waals surface area contributed by atoms with Crippen molar-refractivity contribution in [3.05, 3.63) is 72.1 Å². The Kier molecular flexibility index (Phi) is 2.76. The Morgan fingerprint density at radius 2 is 1.95 bits per heavy atom. The minimum atomic E-state index is -0.524. The normalized spacial score (nSPS) is 10.6. The Balaban J connectivity index is 2.17. The topological polar surface area (TPSA) is 42.9 Å². The van der Waals surface area contributed by atoms with Crippen molar-refractivity contribution in [3.63, 3.8) is 0 Å². The molecule has 0 aliphatic rings. The first kappa shape index (κ1) is 11.5. The number of benzene rings is 1. The van der Waals surface area contributed by atoms with Crippen molar-refractivity contribution in [2.24, 2.45) is 0 Å². The molecule has 92 valence electrons. The molecule has 4 heteroatoms. The summed E-state index contributed by atoms with van der Waals surface area (Å²) >= 11 is 0. The summed E-state index contributed by atoms with van der Waals surface area (Å²) in [6, 6.07) is 8.41. The first-order valence-electron chi connectivity index (χ1n) is 5.74. The molecule has 0 spiro atoms. The zero-order valence-corrected chi connectivity index (χ0v) is 9.88. The smallest absolute Gasteiger partial charge is 0.195 e. The van der Waals surface area contributed by atoms with Gasteiger partial charge in [-0.1, -0.05) is 18.2 Å². The summed E-state index contributed by atoms with van der Waals surface area (Å²) in [5.41, 5.74) is 0.731. The molecule has 3 aromatic rings. The second-order valence-corrected chi connectivity index (χ2v) is 4.12. The highest BCUT2D eigenvalue weighted by molar-refractivity contribution is 6.16. The van der Waals surface area contributed by atoms with E-state index in [9.17, 15) is 9.18 Å². The number of fused-ring (bicyclic) bond motifs is 1. The Morgan fingerprint density at radius 1 is 1.05 bits per heavy atom. The van der Waals surface area contributed by atoms with Crippen LogP contribution in [0.4, 0.5) is 4.39 Å². The molecule has 0 aliphatic carbocycles. The molecule has 0 N–H and O–H groups in total. The lowest BCUT2D eigenvalue weighted by Gasteiger charge is -2.05. The van der Waals surface area contributed by atoms with Crippen LogP contribution < -0.4 is 0 Å². The van der Waals surface area contributed by atoms with Crippen LogP contribution in [0.5, 0.6) is 0 Å². The van der Waals surface area contributed by atoms with Crippen LogP contribution in [0.3, 0.4) is 0 Å². The Labute approximate surface area is 108 Å². The van der Waals surface area contributed by atoms with E-state index in [1.165, 1.54) is 12.3 Å². The molecular formula is C15H9FN2O. The molecular weight excluding hydrogens is 243 g/mol. The number of rotatable bonds is 2. The second-order valence-electron chi connectivity index (χ2n) is 4.12. The lowest BCUT2D eigenvalue weighted by Crippen LogP contribution is -2.03. The number of aromatic nitrogens is 2. The lowest BCUT2D eigenvalue weighted by atomic mass is 9.99. The van der Waals surface area contributed by atoms with Gasteiger partial charge in [-0.05, 0) is 17.5 Å². The van der Waals surface area contributed by atoms with Gasteiger partial charge in [0.15, 0.2) is 5.78 Å². The molecule has 1 aromatic carbocycles. The standard InChI is InChI=1S/C15H9FN2O/c16-12-6-11(7-18-8-12)15(19)13-3-1-2-10-4-5-17-9-14(10)13/h1-9H. The van der Waals surface area contributed by atoms with Gasteiger partial charge in [0.05, 0.1) is 6.20 Å². The maximum atomic E-state index is 13.1. The quantitative estimate of drug-likeness (QED) is 0.658. The average Bonchev–Trinajstić information content (AvgIpc) is 2.46. The molecule has 0 saturated carbocycles. The lowest BCUT2D eigenvalue weighted by molar-refractivity contribution is 0.103. The van der Waals surface area contributed by atoms with E-state index in [2.05, 4.69) is 9.97 Å². The van der Waals surface area contributed by atoms with Crippen molar-refractivity contribution in [1.29, 1.82) is 0 Å². The average molecular weight is 252 g/mol. The van der Waals surface area contributed by atoms with Gasteiger partial charge in [0, 0.05) is 35.1 Å². The predicted molar refractivity (Wildman–Crippen MR) is 69.4 cm³/mol. The molecule has 2 heterocycles. The van der Waals surface area contributed by atoms with Crippen LogP contribution >= 0.6 is 0 Å². The van der Waals surface area contributed by atoms with Gasteiger partial charge in [-0.3, -0.25) is 14.8 Å². The van der Waals surface area contributed by atoms with Crippen LogP contribution in [-0.4, -0.2) is 15.8 Å². The molecule has 0 saturated heterocycles. The van der Waals surface area contributed by atoms with E-state index in [1.807, 2.05) is 12.1 Å². The third kappa shape index (κ3) is 2.08. The van der Waals surface area contributed by atoms with E-state index in [-0.39, 0.29) is 11.3 Å². The van der Waals surface area contributed by atoms with Gasteiger partial charge in [-0.2, -0.15) is 0 Å². The molecule has 0 unspecified atom stereocenters. The van der Waals surface area contributed by atoms with Gasteiger partial charge in [0.2, 0.25) is 0 Å². The van der Waals surface area contributed by atoms with Crippen molar-refractivity contribution in [3.8, 4) is 0 Å². The molecule has 3 nitrogen and oxygen atoms in total. The van der Waals surface area contributed by atoms with Crippen molar-refractivity contribution >= 4 is 16.6 Å². The van der Waals surface area contributed by atoms with Gasteiger partial charge < -0.3 is 0 Å². The summed E-state index contributed by atoms with van der Waals surface area (Å²) in [6.07, 6.45) is 5.73. The first-order valence-corrected chi connectivity index (χ1v) is 5.74. The number of carbonyl (C=O) groups is 1. The largest absolute Gasteiger partial charge is 0.289 e. The fourth-order valence-electron chi connectivity index (χ4n) is 2.00. The van der Waals surface area contributed by atoms with Crippen LogP contribution in [0.25, 0.3) is 10.8 Å². The fourth-order valence-corrected chi connectivity index (χ4v) is 2.00. The monoisotopic (exact) mass is 252 g/mol. The molecule has 0 amide bonds. The number of ketones is 1. The third-order valence-corrected chi connectivity index (χ3v) is 2.90. The zero-order valence-electron chi connectivity index (χ0n) is 9.88. The van der Waals surface area contributed by atoms with E-state index in [0.29, 0.717) is 5.56 Å². The third-order valence-electron chi connectivity index (χ3n) is 2.90. The molecule has 0 radical (unpaired) electrons. The van der Waals surface area contributed by atoms with E-state index in [4.69, 9.17) is 0 Å². The van der Waals surface area contributed by atoms with Crippen molar-refractivity contribution < 1.29 is 9.18 Å². The molecule has 2 aromatic heterocycles. The minimum Gasteiger partial charge on any atom is -0.289 e. The number of pyridine rings is 2. The summed E-state index contributed by atoms with van der Waals surface area (Å²) in [7, 11) is 0. The molecule has 0 aliphatic heterocycles. The minimum absolute atomic E-state index is 0.233. The SMILES string of the molecule is O=C(c1cncc(F)c1)c1cccc2ccncc12. The van der Waals surface area contributed by atoms with Gasteiger partial charge in [0.1, 0.15) is 5.82 Å². The van der Waals surface area contributed by atoms with Crippen molar-refractivity contribution in [2.45, 2.75) is 0 Å². The Bertz CT molecular complexity index is 765. The van der Waals surface area contributed by atoms with Crippen LogP contribution in [0.1, 0.15) is 15.9 Å². The van der Waals surface area contributed by atoms with Gasteiger partial charge >= 0.3 is 0 Å². The summed E-state index contributed by atoms with van der Waals surface area (Å²) < 4.78 is 13.1. The number of hydrogen-bond acceptors (Lipinski definition) is 3. The van der Waals surface area contributed by atoms with Crippen LogP contribution in [0, 0.1) is 5.82 Å². The van der Waals surface area contributed by atoms with Gasteiger partial charge in [0.25, 0.3) is 0 Å². The van der Waals surface area contributed by atoms with Crippen molar-refractivity contribution in [2.75, 3.05) is 0 Å². The zero-order chi connectivity index (χ0) is 13.2. The van der Waals surface area contributed by atoms with Crippen molar-refractivity contribution in [1.82, 2.24) is 9.97 Å². The summed E-state index contributed by atoms with van der Waals surface area (Å²) in [6.45, 7) is 0. The summed E-state index contributed by atoms with van der Waals surface area (Å²) in [4.78, 5) is 20.1. The fraction of sp³-hybridized carbons (Fsp3) is 0. The van der Waals surface area contributed by atoms with E-state index >= 15 is 0 Å². The number of carbonyl (C=O) groups excluding carboxylic acids is 1. The number of hydrogen-bond donors (Lipinski definition) is 0. The van der Waals surface area contributed by atoms with E-state index in [0.717, 1.165) is 17.0 Å². The van der Waals surface area contributed by atoms with Crippen LogP contribution in [-0.2, 0) is 0 Å². The molecule has 0 bridgehead atoms. The molecule has 19 heavy (non-hydrogen) atoms. The second kappa shape index (κ2) is 4.57. The number of nitrogens with zero attached hydrogens (tertiary/aromatic N) is 2. The number of halogens is 1. The maximum absolute atomic E-state index is 13.1. The van der Waals surface area contributed by atoms with Crippen LogP contribution in [0.15, 0.2) is 55.1 Å². The highest BCUT2D eigenvalue weighted by Crippen LogP contribution is 2.20. The summed E-state index contributed by atoms with van der Waals surface area (Å²) in [5.74, 6) is -0.783. The molecule has 0 atom stereocenters. The first-order chi connectivity index (χ1) is 9.25. The Hall–Kier alpha value is -2.62. The Morgan fingerprint density at radius 3 is 2.79 bits per heavy atom. The summed E-state index contributed by atoms with van der Waals surface area (Å²) in [5, 5.41) is 1.67. The van der Waals surface area contributed by atoms with Gasteiger partial charge in [-0.25, -0.2) is 4.39 Å². The van der Waals surface area contributed by atoms with Crippen LogP contribution in [0.2, 0.25) is 0 Å². The predicted octanol–water partition coefficient (Wildman–Crippen LogP) is 3.00. The molecule has 0 fully saturated rings. The highest BCUT2D eigenvalue weighted by atomic mass is 19.1. The molecule has 3 rings (SSSR count). The highest BCUT2D eigenvalue weighted by Gasteiger charge is 2.13. The van der Waals surface area contributed by atoms with E-state index < -0.39 is 5.82 Å².